The number of nitrogens with two attached hydrogens (primary N) is 1. The first-order valence-corrected chi connectivity index (χ1v) is 6.96. The normalized spacial score (nSPS) is 12.8. The molecule has 1 amide bonds. The van der Waals surface area contributed by atoms with E-state index in [4.69, 9.17) is 15.7 Å². The van der Waals surface area contributed by atoms with E-state index in [1.165, 1.54) is 0 Å². The van der Waals surface area contributed by atoms with Crippen LogP contribution in [0.25, 0.3) is 0 Å². The Hall–Kier alpha value is -2.24. The highest BCUT2D eigenvalue weighted by atomic mass is 16.5. The second kappa shape index (κ2) is 8.14. The van der Waals surface area contributed by atoms with E-state index in [-0.39, 0.29) is 17.8 Å². The number of oxime groups is 1. The first-order valence-electron chi connectivity index (χ1n) is 6.96. The van der Waals surface area contributed by atoms with Crippen LogP contribution in [-0.2, 0) is 0 Å². The van der Waals surface area contributed by atoms with E-state index in [0.717, 1.165) is 6.42 Å². The number of hydrogen-bond donors (Lipinski definition) is 2. The summed E-state index contributed by atoms with van der Waals surface area (Å²) >= 11 is 0. The van der Waals surface area contributed by atoms with E-state index in [9.17, 15) is 4.79 Å². The van der Waals surface area contributed by atoms with Crippen molar-refractivity contribution in [2.45, 2.75) is 32.7 Å². The number of amides is 1. The first-order chi connectivity index (χ1) is 9.99. The van der Waals surface area contributed by atoms with Crippen molar-refractivity contribution < 1.29 is 14.7 Å². The largest absolute Gasteiger partial charge is 0.494 e. The standard InChI is InChI=1S/C15H23N3O3/c1-4-8-21-13-7-5-6-12(10-13)15(19)18(3)11(2)9-14(16)17-20/h5-7,10-11,20H,4,8-9H2,1-3H3,(H2,16,17). The molecule has 0 aliphatic rings. The van der Waals surface area contributed by atoms with Gasteiger partial charge in [-0.3, -0.25) is 4.79 Å². The summed E-state index contributed by atoms with van der Waals surface area (Å²) in [6.07, 6.45) is 1.22. The maximum absolute atomic E-state index is 12.4. The molecule has 1 atom stereocenters. The summed E-state index contributed by atoms with van der Waals surface area (Å²) in [6, 6.07) is 6.92. The van der Waals surface area contributed by atoms with Crippen LogP contribution in [0.5, 0.6) is 5.75 Å². The highest BCUT2D eigenvalue weighted by Gasteiger charge is 2.19. The number of carbonyl (C=O) groups excluding carboxylic acids is 1. The zero-order chi connectivity index (χ0) is 15.8. The minimum absolute atomic E-state index is 0.0992. The molecule has 1 unspecified atom stereocenters. The van der Waals surface area contributed by atoms with Gasteiger partial charge in [0.15, 0.2) is 0 Å². The van der Waals surface area contributed by atoms with Crippen molar-refractivity contribution >= 4 is 11.7 Å². The molecular formula is C15H23N3O3. The van der Waals surface area contributed by atoms with Gasteiger partial charge in [-0.2, -0.15) is 0 Å². The van der Waals surface area contributed by atoms with Crippen molar-refractivity contribution in [3.05, 3.63) is 29.8 Å². The molecule has 3 N–H and O–H groups in total. The zero-order valence-electron chi connectivity index (χ0n) is 12.7. The van der Waals surface area contributed by atoms with Crippen LogP contribution in [0, 0.1) is 0 Å². The third-order valence-corrected chi connectivity index (χ3v) is 3.17. The number of nitrogens with zero attached hydrogens (tertiary/aromatic N) is 2. The van der Waals surface area contributed by atoms with Crippen LogP contribution in [0.3, 0.4) is 0 Å². The second-order valence-corrected chi connectivity index (χ2v) is 4.94. The van der Waals surface area contributed by atoms with Crippen LogP contribution < -0.4 is 10.5 Å². The van der Waals surface area contributed by atoms with Crippen LogP contribution in [0.4, 0.5) is 0 Å². The Kier molecular flexibility index (Phi) is 6.52. The summed E-state index contributed by atoms with van der Waals surface area (Å²) < 4.78 is 5.53. The van der Waals surface area contributed by atoms with Crippen LogP contribution in [0.15, 0.2) is 29.4 Å². The molecule has 1 aromatic rings. The Labute approximate surface area is 125 Å². The Bertz CT molecular complexity index is 503. The molecule has 6 nitrogen and oxygen atoms in total. The van der Waals surface area contributed by atoms with Gasteiger partial charge >= 0.3 is 0 Å². The van der Waals surface area contributed by atoms with Gasteiger partial charge in [0.05, 0.1) is 6.61 Å². The summed E-state index contributed by atoms with van der Waals surface area (Å²) in [5.41, 5.74) is 6.02. The first kappa shape index (κ1) is 16.8. The SMILES string of the molecule is CCCOc1cccc(C(=O)N(C)C(C)CC(N)=NO)c1. The molecule has 6 heteroatoms. The van der Waals surface area contributed by atoms with E-state index in [1.807, 2.05) is 19.9 Å². The smallest absolute Gasteiger partial charge is 0.253 e. The Morgan fingerprint density at radius 3 is 2.86 bits per heavy atom. The van der Waals surface area contributed by atoms with Gasteiger partial charge in [0.1, 0.15) is 11.6 Å². The Morgan fingerprint density at radius 2 is 2.24 bits per heavy atom. The summed E-state index contributed by atoms with van der Waals surface area (Å²) in [5, 5.41) is 11.5. The van der Waals surface area contributed by atoms with Gasteiger partial charge in [0.2, 0.25) is 0 Å². The third-order valence-electron chi connectivity index (χ3n) is 3.17. The molecule has 0 spiro atoms. The van der Waals surface area contributed by atoms with Gasteiger partial charge in [-0.05, 0) is 31.5 Å². The molecule has 0 heterocycles. The van der Waals surface area contributed by atoms with E-state index in [2.05, 4.69) is 5.16 Å². The topological polar surface area (TPSA) is 88.2 Å². The molecule has 21 heavy (non-hydrogen) atoms. The maximum Gasteiger partial charge on any atom is 0.253 e. The van der Waals surface area contributed by atoms with Crippen LogP contribution in [0.2, 0.25) is 0 Å². The van der Waals surface area contributed by atoms with Gasteiger partial charge < -0.3 is 20.6 Å². The highest BCUT2D eigenvalue weighted by Crippen LogP contribution is 2.16. The highest BCUT2D eigenvalue weighted by molar-refractivity contribution is 5.95. The number of amidine groups is 1. The lowest BCUT2D eigenvalue weighted by molar-refractivity contribution is 0.0746. The number of carbonyl (C=O) groups is 1. The molecule has 0 fully saturated rings. The molecule has 0 saturated carbocycles. The fraction of sp³-hybridized carbons (Fsp3) is 0.467. The van der Waals surface area contributed by atoms with Crippen molar-refractivity contribution in [2.24, 2.45) is 10.9 Å². The lowest BCUT2D eigenvalue weighted by Gasteiger charge is -2.24. The number of benzene rings is 1. The van der Waals surface area contributed by atoms with E-state index in [0.29, 0.717) is 24.3 Å². The molecule has 116 valence electrons. The second-order valence-electron chi connectivity index (χ2n) is 4.94. The average molecular weight is 293 g/mol. The summed E-state index contributed by atoms with van der Waals surface area (Å²) in [7, 11) is 1.69. The monoisotopic (exact) mass is 293 g/mol. The summed E-state index contributed by atoms with van der Waals surface area (Å²) in [4.78, 5) is 14.0. The molecule has 0 radical (unpaired) electrons. The number of hydrogen-bond acceptors (Lipinski definition) is 4. The minimum Gasteiger partial charge on any atom is -0.494 e. The van der Waals surface area contributed by atoms with Gasteiger partial charge in [-0.15, -0.1) is 0 Å². The average Bonchev–Trinajstić information content (AvgIpc) is 2.51. The van der Waals surface area contributed by atoms with Crippen molar-refractivity contribution in [1.29, 1.82) is 0 Å². The summed E-state index contributed by atoms with van der Waals surface area (Å²) in [6.45, 7) is 4.48. The number of ether oxygens (including phenoxy) is 1. The van der Waals surface area contributed by atoms with Crippen molar-refractivity contribution in [3.63, 3.8) is 0 Å². The van der Waals surface area contributed by atoms with Crippen LogP contribution in [0.1, 0.15) is 37.0 Å². The van der Waals surface area contributed by atoms with Crippen molar-refractivity contribution in [2.75, 3.05) is 13.7 Å². The minimum atomic E-state index is -0.173. The lowest BCUT2D eigenvalue weighted by atomic mass is 10.1. The van der Waals surface area contributed by atoms with Crippen molar-refractivity contribution in [1.82, 2.24) is 4.90 Å². The third kappa shape index (κ3) is 4.98. The Morgan fingerprint density at radius 1 is 1.52 bits per heavy atom. The molecule has 1 aromatic carbocycles. The maximum atomic E-state index is 12.4. The summed E-state index contributed by atoms with van der Waals surface area (Å²) in [5.74, 6) is 0.651. The van der Waals surface area contributed by atoms with Gasteiger partial charge in [0, 0.05) is 25.1 Å². The predicted octanol–water partition coefficient (Wildman–Crippen LogP) is 2.07. The molecule has 0 saturated heterocycles. The molecule has 1 rings (SSSR count). The fourth-order valence-electron chi connectivity index (χ4n) is 1.82. The predicted molar refractivity (Wildman–Crippen MR) is 81.8 cm³/mol. The quantitative estimate of drug-likeness (QED) is 0.348. The molecule has 0 aliphatic carbocycles. The Balaban J connectivity index is 2.77. The zero-order valence-corrected chi connectivity index (χ0v) is 12.7. The molecule has 0 aliphatic heterocycles. The van der Waals surface area contributed by atoms with Gasteiger partial charge in [0.25, 0.3) is 5.91 Å². The lowest BCUT2D eigenvalue weighted by Crippen LogP contribution is -2.37. The van der Waals surface area contributed by atoms with E-state index < -0.39 is 0 Å². The van der Waals surface area contributed by atoms with Crippen molar-refractivity contribution in [3.8, 4) is 5.75 Å². The van der Waals surface area contributed by atoms with E-state index >= 15 is 0 Å². The van der Waals surface area contributed by atoms with Crippen LogP contribution >= 0.6 is 0 Å². The fourth-order valence-corrected chi connectivity index (χ4v) is 1.82. The molecular weight excluding hydrogens is 270 g/mol. The van der Waals surface area contributed by atoms with Gasteiger partial charge in [-0.1, -0.05) is 18.1 Å². The molecule has 0 bridgehead atoms. The molecule has 0 aromatic heterocycles. The van der Waals surface area contributed by atoms with Crippen LogP contribution in [-0.4, -0.2) is 41.5 Å². The number of rotatable bonds is 7. The van der Waals surface area contributed by atoms with Gasteiger partial charge in [-0.25, -0.2) is 0 Å². The van der Waals surface area contributed by atoms with E-state index in [1.54, 1.807) is 30.1 Å².